The van der Waals surface area contributed by atoms with E-state index in [0.29, 0.717) is 11.1 Å². The molecule has 0 radical (unpaired) electrons. The summed E-state index contributed by atoms with van der Waals surface area (Å²) in [6.07, 6.45) is 3.01. The number of aromatic hydroxyl groups is 2. The van der Waals surface area contributed by atoms with Gasteiger partial charge in [0.15, 0.2) is 5.78 Å². The van der Waals surface area contributed by atoms with E-state index in [1.165, 1.54) is 18.2 Å². The summed E-state index contributed by atoms with van der Waals surface area (Å²) < 4.78 is 0. The average Bonchev–Trinajstić information content (AvgIpc) is 2.55. The first kappa shape index (κ1) is 16.6. The standard InChI is InChI=1S/C19H21NO3/c1-3-20(4-2)16-9-5-15(19(23)13-16)8-12-18(22)14-6-10-17(21)11-7-14/h5-13,21,23H,3-4H2,1-2H3/b12-8+. The van der Waals surface area contributed by atoms with Crippen molar-refractivity contribution in [1.29, 1.82) is 0 Å². The molecule has 0 spiro atoms. The van der Waals surface area contributed by atoms with Crippen LogP contribution in [0.4, 0.5) is 5.69 Å². The predicted octanol–water partition coefficient (Wildman–Crippen LogP) is 3.84. The SMILES string of the molecule is CCN(CC)c1ccc(/C=C/C(=O)c2ccc(O)cc2)c(O)c1. The molecule has 0 fully saturated rings. The first-order chi connectivity index (χ1) is 11.0. The van der Waals surface area contributed by atoms with Crippen LogP contribution in [0.25, 0.3) is 6.08 Å². The Morgan fingerprint density at radius 2 is 1.70 bits per heavy atom. The molecule has 4 nitrogen and oxygen atoms in total. The van der Waals surface area contributed by atoms with Gasteiger partial charge >= 0.3 is 0 Å². The van der Waals surface area contributed by atoms with E-state index in [1.54, 1.807) is 30.3 Å². The molecule has 0 unspecified atom stereocenters. The summed E-state index contributed by atoms with van der Waals surface area (Å²) >= 11 is 0. The van der Waals surface area contributed by atoms with Gasteiger partial charge in [0, 0.05) is 36.0 Å². The van der Waals surface area contributed by atoms with Crippen LogP contribution in [0.3, 0.4) is 0 Å². The summed E-state index contributed by atoms with van der Waals surface area (Å²) in [6, 6.07) is 11.5. The number of phenols is 2. The van der Waals surface area contributed by atoms with Gasteiger partial charge in [-0.15, -0.1) is 0 Å². The number of carbonyl (C=O) groups excluding carboxylic acids is 1. The smallest absolute Gasteiger partial charge is 0.185 e. The number of allylic oxidation sites excluding steroid dienone is 1. The second-order valence-electron chi connectivity index (χ2n) is 5.16. The Balaban J connectivity index is 2.16. The minimum absolute atomic E-state index is 0.121. The fraction of sp³-hybridized carbons (Fsp3) is 0.211. The third-order valence-electron chi connectivity index (χ3n) is 3.71. The van der Waals surface area contributed by atoms with Crippen LogP contribution in [-0.4, -0.2) is 29.1 Å². The predicted molar refractivity (Wildman–Crippen MR) is 93.1 cm³/mol. The van der Waals surface area contributed by atoms with E-state index in [-0.39, 0.29) is 17.3 Å². The van der Waals surface area contributed by atoms with Crippen molar-refractivity contribution in [2.75, 3.05) is 18.0 Å². The zero-order chi connectivity index (χ0) is 16.8. The van der Waals surface area contributed by atoms with Crippen molar-refractivity contribution in [2.45, 2.75) is 13.8 Å². The van der Waals surface area contributed by atoms with Crippen LogP contribution >= 0.6 is 0 Å². The molecule has 0 saturated carbocycles. The molecule has 0 saturated heterocycles. The fourth-order valence-electron chi connectivity index (χ4n) is 2.35. The molecule has 2 aromatic rings. The van der Waals surface area contributed by atoms with Crippen LogP contribution in [-0.2, 0) is 0 Å². The Kier molecular flexibility index (Phi) is 5.41. The number of anilines is 1. The number of benzene rings is 2. The lowest BCUT2D eigenvalue weighted by Crippen LogP contribution is -2.21. The van der Waals surface area contributed by atoms with Gasteiger partial charge in [-0.2, -0.15) is 0 Å². The molecular weight excluding hydrogens is 290 g/mol. The largest absolute Gasteiger partial charge is 0.508 e. The Morgan fingerprint density at radius 1 is 1.04 bits per heavy atom. The molecule has 0 aliphatic heterocycles. The number of nitrogens with zero attached hydrogens (tertiary/aromatic N) is 1. The Hall–Kier alpha value is -2.75. The highest BCUT2D eigenvalue weighted by Crippen LogP contribution is 2.26. The highest BCUT2D eigenvalue weighted by atomic mass is 16.3. The minimum Gasteiger partial charge on any atom is -0.508 e. The molecule has 0 aliphatic rings. The average molecular weight is 311 g/mol. The van der Waals surface area contributed by atoms with Crippen molar-refractivity contribution in [1.82, 2.24) is 0 Å². The lowest BCUT2D eigenvalue weighted by atomic mass is 10.1. The van der Waals surface area contributed by atoms with Crippen molar-refractivity contribution in [2.24, 2.45) is 0 Å². The van der Waals surface area contributed by atoms with E-state index in [0.717, 1.165) is 18.8 Å². The number of rotatable bonds is 6. The molecule has 0 atom stereocenters. The molecule has 0 aromatic heterocycles. The van der Waals surface area contributed by atoms with E-state index >= 15 is 0 Å². The molecule has 2 rings (SSSR count). The first-order valence-corrected chi connectivity index (χ1v) is 7.64. The zero-order valence-electron chi connectivity index (χ0n) is 13.4. The van der Waals surface area contributed by atoms with Crippen LogP contribution in [0.1, 0.15) is 29.8 Å². The molecule has 0 bridgehead atoms. The fourth-order valence-corrected chi connectivity index (χ4v) is 2.35. The van der Waals surface area contributed by atoms with Crippen LogP contribution in [0.2, 0.25) is 0 Å². The van der Waals surface area contributed by atoms with Gasteiger partial charge in [0.1, 0.15) is 11.5 Å². The zero-order valence-corrected chi connectivity index (χ0v) is 13.4. The summed E-state index contributed by atoms with van der Waals surface area (Å²) in [5, 5.41) is 19.4. The Labute approximate surface area is 136 Å². The van der Waals surface area contributed by atoms with E-state index < -0.39 is 0 Å². The van der Waals surface area contributed by atoms with Gasteiger partial charge in [-0.05, 0) is 62.4 Å². The second kappa shape index (κ2) is 7.49. The van der Waals surface area contributed by atoms with Crippen molar-refractivity contribution < 1.29 is 15.0 Å². The van der Waals surface area contributed by atoms with E-state index in [1.807, 2.05) is 6.07 Å². The van der Waals surface area contributed by atoms with Crippen LogP contribution in [0.5, 0.6) is 11.5 Å². The van der Waals surface area contributed by atoms with E-state index in [4.69, 9.17) is 0 Å². The van der Waals surface area contributed by atoms with Gasteiger partial charge in [-0.3, -0.25) is 4.79 Å². The lowest BCUT2D eigenvalue weighted by Gasteiger charge is -2.21. The molecule has 0 amide bonds. The van der Waals surface area contributed by atoms with Crippen LogP contribution in [0, 0.1) is 0 Å². The molecule has 0 aliphatic carbocycles. The van der Waals surface area contributed by atoms with Crippen molar-refractivity contribution >= 4 is 17.5 Å². The number of phenolic OH excluding ortho intramolecular Hbond substituents is 2. The third kappa shape index (κ3) is 4.13. The first-order valence-electron chi connectivity index (χ1n) is 7.64. The van der Waals surface area contributed by atoms with Crippen LogP contribution < -0.4 is 4.90 Å². The molecular formula is C19H21NO3. The van der Waals surface area contributed by atoms with Gasteiger partial charge in [-0.25, -0.2) is 0 Å². The summed E-state index contributed by atoms with van der Waals surface area (Å²) in [4.78, 5) is 14.2. The molecule has 23 heavy (non-hydrogen) atoms. The van der Waals surface area contributed by atoms with Crippen molar-refractivity contribution in [3.63, 3.8) is 0 Å². The van der Waals surface area contributed by atoms with Gasteiger partial charge in [0.05, 0.1) is 0 Å². The molecule has 0 heterocycles. The van der Waals surface area contributed by atoms with E-state index in [2.05, 4.69) is 18.7 Å². The van der Waals surface area contributed by atoms with Gasteiger partial charge in [0.2, 0.25) is 0 Å². The highest BCUT2D eigenvalue weighted by molar-refractivity contribution is 6.07. The van der Waals surface area contributed by atoms with Crippen LogP contribution in [0.15, 0.2) is 48.5 Å². The maximum atomic E-state index is 12.1. The quantitative estimate of drug-likeness (QED) is 0.628. The number of hydrogen-bond donors (Lipinski definition) is 2. The van der Waals surface area contributed by atoms with Crippen molar-refractivity contribution in [3.05, 3.63) is 59.7 Å². The summed E-state index contributed by atoms with van der Waals surface area (Å²) in [6.45, 7) is 5.85. The van der Waals surface area contributed by atoms with Gasteiger partial charge in [-0.1, -0.05) is 0 Å². The maximum Gasteiger partial charge on any atom is 0.185 e. The molecule has 4 heteroatoms. The molecule has 2 N–H and O–H groups in total. The monoisotopic (exact) mass is 311 g/mol. The Morgan fingerprint density at radius 3 is 2.26 bits per heavy atom. The van der Waals surface area contributed by atoms with Gasteiger partial charge < -0.3 is 15.1 Å². The van der Waals surface area contributed by atoms with Crippen molar-refractivity contribution in [3.8, 4) is 11.5 Å². The topological polar surface area (TPSA) is 60.8 Å². The normalized spacial score (nSPS) is 10.9. The molecule has 120 valence electrons. The second-order valence-corrected chi connectivity index (χ2v) is 5.16. The van der Waals surface area contributed by atoms with Gasteiger partial charge in [0.25, 0.3) is 0 Å². The minimum atomic E-state index is -0.183. The maximum absolute atomic E-state index is 12.1. The van der Waals surface area contributed by atoms with E-state index in [9.17, 15) is 15.0 Å². The Bertz CT molecular complexity index is 701. The number of ketones is 1. The highest BCUT2D eigenvalue weighted by Gasteiger charge is 2.06. The number of hydrogen-bond acceptors (Lipinski definition) is 4. The lowest BCUT2D eigenvalue weighted by molar-refractivity contribution is 0.104. The third-order valence-corrected chi connectivity index (χ3v) is 3.71. The molecule has 2 aromatic carbocycles. The summed E-state index contributed by atoms with van der Waals surface area (Å²) in [7, 11) is 0. The summed E-state index contributed by atoms with van der Waals surface area (Å²) in [5.74, 6) is 0.0801. The summed E-state index contributed by atoms with van der Waals surface area (Å²) in [5.41, 5.74) is 2.03. The number of carbonyl (C=O) groups is 1.